The Labute approximate surface area is 176 Å². The minimum Gasteiger partial charge on any atom is -0.493 e. The highest BCUT2D eigenvalue weighted by molar-refractivity contribution is 5.96. The molecule has 7 heteroatoms. The van der Waals surface area contributed by atoms with Gasteiger partial charge >= 0.3 is 11.9 Å². The van der Waals surface area contributed by atoms with Gasteiger partial charge < -0.3 is 18.8 Å². The first kappa shape index (κ1) is 23.2. The molecule has 0 aliphatic rings. The summed E-state index contributed by atoms with van der Waals surface area (Å²) in [6.07, 6.45) is 0. The Bertz CT molecular complexity index is 924. The van der Waals surface area contributed by atoms with Crippen LogP contribution in [0.25, 0.3) is 5.69 Å². The van der Waals surface area contributed by atoms with Crippen LogP contribution in [0.5, 0.6) is 5.75 Å². The second-order valence-electron chi connectivity index (χ2n) is 7.23. The van der Waals surface area contributed by atoms with Crippen LogP contribution < -0.4 is 10.2 Å². The molecule has 2 aromatic rings. The van der Waals surface area contributed by atoms with Crippen molar-refractivity contribution in [2.24, 2.45) is 5.92 Å². The van der Waals surface area contributed by atoms with Gasteiger partial charge in [0, 0.05) is 17.1 Å². The highest BCUT2D eigenvalue weighted by Crippen LogP contribution is 2.22. The van der Waals surface area contributed by atoms with E-state index in [1.54, 1.807) is 32.3 Å². The number of carbonyl (C=O) groups excluding carboxylic acids is 2. The molecule has 2 rings (SSSR count). The Hall–Kier alpha value is -3.09. The van der Waals surface area contributed by atoms with Crippen molar-refractivity contribution >= 4 is 11.9 Å². The number of aromatic nitrogens is 1. The summed E-state index contributed by atoms with van der Waals surface area (Å²) >= 11 is 0. The zero-order valence-corrected chi connectivity index (χ0v) is 18.4. The fraction of sp³-hybridized carbons (Fsp3) is 0.435. The quantitative estimate of drug-likeness (QED) is 0.609. The molecule has 1 aromatic heterocycles. The van der Waals surface area contributed by atoms with Crippen LogP contribution in [0, 0.1) is 19.8 Å². The molecule has 0 atom stereocenters. The van der Waals surface area contributed by atoms with Crippen LogP contribution in [-0.4, -0.2) is 36.3 Å². The molecule has 1 heterocycles. The smallest absolute Gasteiger partial charge is 0.343 e. The lowest BCUT2D eigenvalue weighted by Gasteiger charge is -2.20. The van der Waals surface area contributed by atoms with E-state index in [2.05, 4.69) is 13.8 Å². The van der Waals surface area contributed by atoms with Crippen LogP contribution in [0.4, 0.5) is 0 Å². The second-order valence-corrected chi connectivity index (χ2v) is 7.23. The van der Waals surface area contributed by atoms with Crippen molar-refractivity contribution in [1.29, 1.82) is 0 Å². The fourth-order valence-electron chi connectivity index (χ4n) is 3.16. The molecular weight excluding hydrogens is 386 g/mol. The van der Waals surface area contributed by atoms with Crippen LogP contribution >= 0.6 is 0 Å². The summed E-state index contributed by atoms with van der Waals surface area (Å²) in [5.41, 5.74) is 0.420. The molecule has 0 aliphatic heterocycles. The molecule has 0 radical (unpaired) electrons. The van der Waals surface area contributed by atoms with E-state index in [4.69, 9.17) is 14.2 Å². The van der Waals surface area contributed by atoms with Crippen molar-refractivity contribution < 1.29 is 23.8 Å². The molecular formula is C23H29NO6. The molecule has 0 saturated carbocycles. The minimum absolute atomic E-state index is 0.113. The third-order valence-corrected chi connectivity index (χ3v) is 4.49. The summed E-state index contributed by atoms with van der Waals surface area (Å²) in [5.74, 6) is -0.431. The largest absolute Gasteiger partial charge is 0.493 e. The van der Waals surface area contributed by atoms with Gasteiger partial charge in [0.05, 0.1) is 19.8 Å². The third kappa shape index (κ3) is 4.90. The van der Waals surface area contributed by atoms with Crippen LogP contribution in [-0.2, 0) is 9.47 Å². The number of pyridine rings is 1. The molecule has 0 fully saturated rings. The maximum absolute atomic E-state index is 13.0. The highest BCUT2D eigenvalue weighted by Gasteiger charge is 2.27. The van der Waals surface area contributed by atoms with Gasteiger partial charge in [0.25, 0.3) is 0 Å². The maximum Gasteiger partial charge on any atom is 0.343 e. The number of benzene rings is 1. The molecule has 0 N–H and O–H groups in total. The molecule has 0 amide bonds. The van der Waals surface area contributed by atoms with E-state index in [-0.39, 0.29) is 24.3 Å². The van der Waals surface area contributed by atoms with Gasteiger partial charge in [-0.2, -0.15) is 0 Å². The van der Waals surface area contributed by atoms with Gasteiger partial charge in [0.15, 0.2) is 0 Å². The number of nitrogens with zero attached hydrogens (tertiary/aromatic N) is 1. The Balaban J connectivity index is 2.67. The number of ether oxygens (including phenoxy) is 3. The van der Waals surface area contributed by atoms with Crippen molar-refractivity contribution in [1.82, 2.24) is 4.57 Å². The lowest BCUT2D eigenvalue weighted by Crippen LogP contribution is -2.31. The third-order valence-electron chi connectivity index (χ3n) is 4.49. The van der Waals surface area contributed by atoms with Gasteiger partial charge in [0.2, 0.25) is 5.43 Å². The van der Waals surface area contributed by atoms with Gasteiger partial charge in [-0.25, -0.2) is 9.59 Å². The molecule has 7 nitrogen and oxygen atoms in total. The Morgan fingerprint density at radius 3 is 1.77 bits per heavy atom. The molecule has 162 valence electrons. The summed E-state index contributed by atoms with van der Waals surface area (Å²) in [7, 11) is 0. The normalized spacial score (nSPS) is 10.8. The topological polar surface area (TPSA) is 83.8 Å². The number of hydrogen-bond donors (Lipinski definition) is 0. The SMILES string of the molecule is CCOC(=O)c1c(C)n(-c2ccc(OCC(C)C)cc2)c(C)c(C(=O)OCC)c1=O. The Kier molecular flexibility index (Phi) is 7.80. The van der Waals surface area contributed by atoms with E-state index >= 15 is 0 Å². The number of rotatable bonds is 8. The second kappa shape index (κ2) is 10.1. The zero-order chi connectivity index (χ0) is 22.4. The van der Waals surface area contributed by atoms with E-state index in [1.165, 1.54) is 0 Å². The number of esters is 2. The lowest BCUT2D eigenvalue weighted by molar-refractivity contribution is 0.0519. The monoisotopic (exact) mass is 415 g/mol. The average Bonchev–Trinajstić information content (AvgIpc) is 2.67. The van der Waals surface area contributed by atoms with Gasteiger partial charge in [-0.3, -0.25) is 4.79 Å². The van der Waals surface area contributed by atoms with Crippen LogP contribution in [0.1, 0.15) is 59.8 Å². The predicted octanol–water partition coefficient (Wildman–Crippen LogP) is 3.84. The maximum atomic E-state index is 13.0. The van der Waals surface area contributed by atoms with E-state index < -0.39 is 17.4 Å². The predicted molar refractivity (Wildman–Crippen MR) is 114 cm³/mol. The van der Waals surface area contributed by atoms with E-state index in [1.807, 2.05) is 24.3 Å². The van der Waals surface area contributed by atoms with Gasteiger partial charge in [-0.05, 0) is 57.9 Å². The summed E-state index contributed by atoms with van der Waals surface area (Å²) in [4.78, 5) is 38.0. The Morgan fingerprint density at radius 1 is 0.900 bits per heavy atom. The lowest BCUT2D eigenvalue weighted by atomic mass is 10.0. The summed E-state index contributed by atoms with van der Waals surface area (Å²) in [6, 6.07) is 7.24. The molecule has 30 heavy (non-hydrogen) atoms. The van der Waals surface area contributed by atoms with Gasteiger partial charge in [-0.1, -0.05) is 13.8 Å². The highest BCUT2D eigenvalue weighted by atomic mass is 16.5. The van der Waals surface area contributed by atoms with Crippen molar-refractivity contribution in [3.63, 3.8) is 0 Å². The Morgan fingerprint density at radius 2 is 1.37 bits per heavy atom. The first-order chi connectivity index (χ1) is 14.2. The van der Waals surface area contributed by atoms with E-state index in [9.17, 15) is 14.4 Å². The van der Waals surface area contributed by atoms with Gasteiger partial charge in [-0.15, -0.1) is 0 Å². The average molecular weight is 415 g/mol. The standard InChI is InChI=1S/C23H29NO6/c1-7-28-22(26)19-15(5)24(16(6)20(21(19)25)23(27)29-8-2)17-9-11-18(12-10-17)30-13-14(3)4/h9-12,14H,7-8,13H2,1-6H3. The minimum atomic E-state index is -0.767. The van der Waals surface area contributed by atoms with Crippen LogP contribution in [0.3, 0.4) is 0 Å². The summed E-state index contributed by atoms with van der Waals surface area (Å²) in [5, 5.41) is 0. The molecule has 0 saturated heterocycles. The molecule has 0 bridgehead atoms. The number of carbonyl (C=O) groups is 2. The number of hydrogen-bond acceptors (Lipinski definition) is 6. The van der Waals surface area contributed by atoms with E-state index in [0.717, 1.165) is 0 Å². The molecule has 1 aromatic carbocycles. The van der Waals surface area contributed by atoms with Crippen molar-refractivity contribution in [2.75, 3.05) is 19.8 Å². The van der Waals surface area contributed by atoms with E-state index in [0.29, 0.717) is 35.3 Å². The zero-order valence-electron chi connectivity index (χ0n) is 18.4. The van der Waals surface area contributed by atoms with Crippen LogP contribution in [0.15, 0.2) is 29.1 Å². The first-order valence-corrected chi connectivity index (χ1v) is 10.1. The molecule has 0 spiro atoms. The summed E-state index contributed by atoms with van der Waals surface area (Å²) < 4.78 is 17.5. The fourth-order valence-corrected chi connectivity index (χ4v) is 3.16. The van der Waals surface area contributed by atoms with Crippen LogP contribution in [0.2, 0.25) is 0 Å². The first-order valence-electron chi connectivity index (χ1n) is 10.1. The summed E-state index contributed by atoms with van der Waals surface area (Å²) in [6.45, 7) is 11.6. The van der Waals surface area contributed by atoms with Crippen molar-refractivity contribution in [2.45, 2.75) is 41.5 Å². The molecule has 0 unspecified atom stereocenters. The van der Waals surface area contributed by atoms with Crippen molar-refractivity contribution in [3.8, 4) is 11.4 Å². The van der Waals surface area contributed by atoms with Crippen molar-refractivity contribution in [3.05, 3.63) is 57.0 Å². The van der Waals surface area contributed by atoms with Gasteiger partial charge in [0.1, 0.15) is 16.9 Å². The molecule has 0 aliphatic carbocycles.